The molecule has 0 fully saturated rings. The van der Waals surface area contributed by atoms with Gasteiger partial charge in [-0.05, 0) is 60.5 Å². The van der Waals surface area contributed by atoms with E-state index in [1.54, 1.807) is 31.2 Å². The molecule has 0 aliphatic carbocycles. The molecule has 3 rings (SSSR count). The normalized spacial score (nSPS) is 11.0. The number of benzene rings is 2. The zero-order valence-corrected chi connectivity index (χ0v) is 13.0. The van der Waals surface area contributed by atoms with E-state index < -0.39 is 11.6 Å². The van der Waals surface area contributed by atoms with Crippen molar-refractivity contribution in [3.05, 3.63) is 70.1 Å². The Hall–Kier alpha value is -1.91. The summed E-state index contributed by atoms with van der Waals surface area (Å²) in [6.07, 6.45) is 1.34. The van der Waals surface area contributed by atoms with Crippen molar-refractivity contribution in [2.45, 2.75) is 6.92 Å². The molecule has 0 saturated heterocycles. The molecule has 0 atom stereocenters. The lowest BCUT2D eigenvalue weighted by Crippen LogP contribution is -2.00. The van der Waals surface area contributed by atoms with Crippen LogP contribution in [0.15, 0.2) is 42.6 Å². The van der Waals surface area contributed by atoms with Gasteiger partial charge in [-0.2, -0.15) is 0 Å². The van der Waals surface area contributed by atoms with Crippen LogP contribution in [0.3, 0.4) is 0 Å². The van der Waals surface area contributed by atoms with Crippen molar-refractivity contribution in [3.8, 4) is 16.9 Å². The molecule has 112 valence electrons. The highest BCUT2D eigenvalue weighted by Gasteiger charge is 2.19. The number of hydrogen-bond acceptors (Lipinski definition) is 1. The van der Waals surface area contributed by atoms with Crippen LogP contribution in [0.4, 0.5) is 8.78 Å². The van der Waals surface area contributed by atoms with E-state index >= 15 is 0 Å². The molecule has 1 heterocycles. The molecule has 1 aromatic heterocycles. The molecule has 3 aromatic rings. The van der Waals surface area contributed by atoms with Crippen molar-refractivity contribution < 1.29 is 8.78 Å². The van der Waals surface area contributed by atoms with Crippen molar-refractivity contribution in [2.24, 2.45) is 0 Å². The molecule has 0 saturated carbocycles. The number of imidazole rings is 1. The van der Waals surface area contributed by atoms with Crippen LogP contribution in [0.2, 0.25) is 10.3 Å². The van der Waals surface area contributed by atoms with Crippen LogP contribution in [-0.4, -0.2) is 9.55 Å². The Balaban J connectivity index is 2.24. The van der Waals surface area contributed by atoms with Crippen LogP contribution in [-0.2, 0) is 0 Å². The summed E-state index contributed by atoms with van der Waals surface area (Å²) in [4.78, 5) is 3.96. The number of halogens is 4. The highest BCUT2D eigenvalue weighted by molar-refractivity contribution is 6.30. The Morgan fingerprint density at radius 1 is 1.00 bits per heavy atom. The Morgan fingerprint density at radius 2 is 1.59 bits per heavy atom. The number of aryl methyl sites for hydroxylation is 1. The van der Waals surface area contributed by atoms with Gasteiger partial charge in [-0.15, -0.1) is 0 Å². The predicted molar refractivity (Wildman–Crippen MR) is 83.7 cm³/mol. The SMILES string of the molecule is Cc1cc(F)c(-c2cnc(Cl)n2-c2ccc(Cl)cc2)c(F)c1. The fourth-order valence-corrected chi connectivity index (χ4v) is 2.65. The number of nitrogens with zero attached hydrogens (tertiary/aromatic N) is 2. The van der Waals surface area contributed by atoms with Crippen molar-refractivity contribution in [2.75, 3.05) is 0 Å². The molecule has 0 spiro atoms. The lowest BCUT2D eigenvalue weighted by Gasteiger charge is -2.11. The van der Waals surface area contributed by atoms with Gasteiger partial charge in [0, 0.05) is 10.7 Å². The summed E-state index contributed by atoms with van der Waals surface area (Å²) in [5.41, 5.74) is 1.19. The zero-order valence-electron chi connectivity index (χ0n) is 11.4. The molecule has 0 N–H and O–H groups in total. The van der Waals surface area contributed by atoms with Crippen molar-refractivity contribution >= 4 is 23.2 Å². The van der Waals surface area contributed by atoms with Gasteiger partial charge >= 0.3 is 0 Å². The summed E-state index contributed by atoms with van der Waals surface area (Å²) in [5.74, 6) is -1.33. The van der Waals surface area contributed by atoms with Crippen molar-refractivity contribution in [3.63, 3.8) is 0 Å². The monoisotopic (exact) mass is 338 g/mol. The number of aromatic nitrogens is 2. The first-order valence-corrected chi connectivity index (χ1v) is 7.18. The second kappa shape index (κ2) is 5.71. The topological polar surface area (TPSA) is 17.8 Å². The third-order valence-corrected chi connectivity index (χ3v) is 3.76. The molecule has 0 unspecified atom stereocenters. The summed E-state index contributed by atoms with van der Waals surface area (Å²) < 4.78 is 29.9. The van der Waals surface area contributed by atoms with Gasteiger partial charge in [0.25, 0.3) is 0 Å². The smallest absolute Gasteiger partial charge is 0.207 e. The lowest BCUT2D eigenvalue weighted by molar-refractivity contribution is 0.586. The summed E-state index contributed by atoms with van der Waals surface area (Å²) in [5, 5.41) is 0.658. The minimum absolute atomic E-state index is 0.108. The molecule has 0 amide bonds. The molecule has 0 aliphatic heterocycles. The van der Waals surface area contributed by atoms with Gasteiger partial charge in [0.15, 0.2) is 0 Å². The first kappa shape index (κ1) is 15.0. The number of rotatable bonds is 2. The van der Waals surface area contributed by atoms with Gasteiger partial charge in [0.2, 0.25) is 5.28 Å². The van der Waals surface area contributed by atoms with Gasteiger partial charge in [-0.1, -0.05) is 11.6 Å². The number of hydrogen-bond donors (Lipinski definition) is 0. The molecule has 0 bridgehead atoms. The van der Waals surface area contributed by atoms with Crippen LogP contribution < -0.4 is 0 Å². The van der Waals surface area contributed by atoms with Crippen molar-refractivity contribution in [1.29, 1.82) is 0 Å². The van der Waals surface area contributed by atoms with Crippen LogP contribution in [0.5, 0.6) is 0 Å². The van der Waals surface area contributed by atoms with Gasteiger partial charge in [-0.25, -0.2) is 13.8 Å². The molecule has 0 aliphatic rings. The molecule has 2 nitrogen and oxygen atoms in total. The second-order valence-corrected chi connectivity index (χ2v) is 5.60. The van der Waals surface area contributed by atoms with E-state index in [2.05, 4.69) is 4.98 Å². The van der Waals surface area contributed by atoms with Crippen LogP contribution in [0, 0.1) is 18.6 Å². The average Bonchev–Trinajstić information content (AvgIpc) is 2.80. The van der Waals surface area contributed by atoms with Gasteiger partial charge in [0.1, 0.15) is 11.6 Å². The molecule has 0 radical (unpaired) electrons. The fourth-order valence-electron chi connectivity index (χ4n) is 2.29. The van der Waals surface area contributed by atoms with Gasteiger partial charge < -0.3 is 0 Å². The van der Waals surface area contributed by atoms with Crippen molar-refractivity contribution in [1.82, 2.24) is 9.55 Å². The van der Waals surface area contributed by atoms with Gasteiger partial charge in [-0.3, -0.25) is 4.57 Å². The Kier molecular flexibility index (Phi) is 3.89. The summed E-state index contributed by atoms with van der Waals surface area (Å²) >= 11 is 11.9. The maximum absolute atomic E-state index is 14.2. The minimum atomic E-state index is -0.663. The standard InChI is InChI=1S/C16H10Cl2F2N2/c1-9-6-12(19)15(13(20)7-9)14-8-21-16(18)22(14)11-4-2-10(17)3-5-11/h2-8H,1H3. The quantitative estimate of drug-likeness (QED) is 0.608. The maximum Gasteiger partial charge on any atom is 0.207 e. The highest BCUT2D eigenvalue weighted by atomic mass is 35.5. The average molecular weight is 339 g/mol. The van der Waals surface area contributed by atoms with Crippen LogP contribution >= 0.6 is 23.2 Å². The third kappa shape index (κ3) is 2.60. The zero-order chi connectivity index (χ0) is 15.9. The minimum Gasteiger partial charge on any atom is -0.283 e. The van der Waals surface area contributed by atoms with E-state index in [4.69, 9.17) is 23.2 Å². The molecular weight excluding hydrogens is 329 g/mol. The molecule has 2 aromatic carbocycles. The van der Waals surface area contributed by atoms with Crippen LogP contribution in [0.1, 0.15) is 5.56 Å². The third-order valence-electron chi connectivity index (χ3n) is 3.25. The Morgan fingerprint density at radius 3 is 2.18 bits per heavy atom. The fraction of sp³-hybridized carbons (Fsp3) is 0.0625. The van der Waals surface area contributed by atoms with E-state index in [1.165, 1.54) is 22.9 Å². The Bertz CT molecular complexity index is 819. The summed E-state index contributed by atoms with van der Waals surface area (Å²) in [6.45, 7) is 1.62. The van der Waals surface area contributed by atoms with E-state index in [0.717, 1.165) is 0 Å². The van der Waals surface area contributed by atoms with Crippen LogP contribution in [0.25, 0.3) is 16.9 Å². The molecule has 6 heteroatoms. The maximum atomic E-state index is 14.2. The molecular formula is C16H10Cl2F2N2. The summed E-state index contributed by atoms with van der Waals surface area (Å²) in [7, 11) is 0. The lowest BCUT2D eigenvalue weighted by atomic mass is 10.1. The first-order chi connectivity index (χ1) is 10.5. The summed E-state index contributed by atoms with van der Waals surface area (Å²) in [6, 6.07) is 9.27. The van der Waals surface area contributed by atoms with E-state index in [9.17, 15) is 8.78 Å². The predicted octanol–water partition coefficient (Wildman–Crippen LogP) is 5.43. The van der Waals surface area contributed by atoms with Gasteiger partial charge in [0.05, 0.1) is 17.5 Å². The highest BCUT2D eigenvalue weighted by Crippen LogP contribution is 2.32. The van der Waals surface area contributed by atoms with E-state index in [0.29, 0.717) is 16.3 Å². The first-order valence-electron chi connectivity index (χ1n) is 6.42. The molecule has 22 heavy (non-hydrogen) atoms. The largest absolute Gasteiger partial charge is 0.283 e. The van der Waals surface area contributed by atoms with E-state index in [1.807, 2.05) is 0 Å². The Labute approximate surface area is 135 Å². The second-order valence-electron chi connectivity index (χ2n) is 4.83. The van der Waals surface area contributed by atoms with E-state index in [-0.39, 0.29) is 16.5 Å².